The summed E-state index contributed by atoms with van der Waals surface area (Å²) in [4.78, 5) is 8.44. The molecule has 0 saturated carbocycles. The Morgan fingerprint density at radius 1 is 0.469 bits per heavy atom. The molecule has 0 heterocycles. The second kappa shape index (κ2) is 21.2. The molecule has 6 heteroatoms. The highest BCUT2D eigenvalue weighted by molar-refractivity contribution is 6.01. The van der Waals surface area contributed by atoms with Gasteiger partial charge >= 0.3 is 0 Å². The van der Waals surface area contributed by atoms with Gasteiger partial charge in [0, 0.05) is 34.1 Å². The molecule has 0 aliphatic rings. The zero-order valence-corrected chi connectivity index (χ0v) is 36.0. The van der Waals surface area contributed by atoms with E-state index in [1.54, 1.807) is 0 Å². The first kappa shape index (κ1) is 47.1. The number of benzene rings is 8. The van der Waals surface area contributed by atoms with E-state index < -0.39 is 0 Å². The Labute approximate surface area is 378 Å². The standard InChI is InChI=1S/C57H46N4.CH4.2H2O/c1-6-43-17-29-52(30-18-43)61(51-27-11-42(4)12-28-51)54-33-21-45(22-34-54)14-16-47-36-55-48(39-58)35-46(37-56(55)57(38-47)59-5)15-13-44-19-31-53(32-20-44)60(49-23-7-40(2)8-24-49)50-25-9-41(3)10-26-50;;;/h7-38H,6H2,1-4H3;1H4;2*1H2/b15-13-,16-14-;;;. The molecule has 0 radical (unpaired) electrons. The van der Waals surface area contributed by atoms with Crippen LogP contribution in [0.5, 0.6) is 0 Å². The monoisotopic (exact) mass is 838 g/mol. The molecule has 0 aromatic heterocycles. The number of anilines is 6. The van der Waals surface area contributed by atoms with Crippen LogP contribution in [0.1, 0.15) is 64.4 Å². The number of hydrogen-bond acceptors (Lipinski definition) is 3. The van der Waals surface area contributed by atoms with Crippen molar-refractivity contribution in [3.63, 3.8) is 0 Å². The lowest BCUT2D eigenvalue weighted by Crippen LogP contribution is -2.09. The second-order valence-electron chi connectivity index (χ2n) is 15.5. The van der Waals surface area contributed by atoms with E-state index in [4.69, 9.17) is 6.57 Å². The van der Waals surface area contributed by atoms with Gasteiger partial charge in [-0.05, 0) is 157 Å². The van der Waals surface area contributed by atoms with Crippen LogP contribution in [-0.4, -0.2) is 11.0 Å². The van der Waals surface area contributed by atoms with E-state index >= 15 is 0 Å². The average Bonchev–Trinajstić information content (AvgIpc) is 3.30. The van der Waals surface area contributed by atoms with Crippen LogP contribution < -0.4 is 9.80 Å². The van der Waals surface area contributed by atoms with Crippen LogP contribution >= 0.6 is 0 Å². The van der Waals surface area contributed by atoms with E-state index in [1.165, 1.54) is 22.3 Å². The summed E-state index contributed by atoms with van der Waals surface area (Å²) in [5.41, 5.74) is 16.3. The maximum absolute atomic E-state index is 10.3. The molecule has 318 valence electrons. The summed E-state index contributed by atoms with van der Waals surface area (Å²) in [5, 5.41) is 11.8. The van der Waals surface area contributed by atoms with Crippen molar-refractivity contribution in [2.24, 2.45) is 0 Å². The van der Waals surface area contributed by atoms with Gasteiger partial charge in [0.05, 0.1) is 18.2 Å². The molecule has 0 fully saturated rings. The van der Waals surface area contributed by atoms with E-state index in [0.717, 1.165) is 73.6 Å². The zero-order valence-electron chi connectivity index (χ0n) is 36.0. The molecular weight excluding hydrogens is 785 g/mol. The highest BCUT2D eigenvalue weighted by Crippen LogP contribution is 2.38. The van der Waals surface area contributed by atoms with Gasteiger partial charge in [-0.25, -0.2) is 4.85 Å². The summed E-state index contributed by atoms with van der Waals surface area (Å²) in [6.07, 6.45) is 9.13. The predicted octanol–water partition coefficient (Wildman–Crippen LogP) is 15.0. The quantitative estimate of drug-likeness (QED) is 0.0958. The van der Waals surface area contributed by atoms with Crippen molar-refractivity contribution in [1.29, 1.82) is 5.26 Å². The summed E-state index contributed by atoms with van der Waals surface area (Å²) in [6, 6.07) is 61.7. The first-order valence-electron chi connectivity index (χ1n) is 20.6. The molecule has 4 N–H and O–H groups in total. The number of hydrogen-bond donors (Lipinski definition) is 0. The molecule has 8 aromatic carbocycles. The van der Waals surface area contributed by atoms with Crippen molar-refractivity contribution in [3.05, 3.63) is 231 Å². The van der Waals surface area contributed by atoms with Crippen molar-refractivity contribution in [1.82, 2.24) is 0 Å². The SMILES string of the molecule is C.O.O.[C-]#[N+]c1cc(/C=C\c2ccc(N(c3ccc(C)cc3)c3ccc(CC)cc3)cc2)cc2c(C#N)cc(/C=C\c3ccc(N(c4ccc(C)cc4)c4ccc(C)cc4)cc3)cc12. The first-order chi connectivity index (χ1) is 29.8. The Morgan fingerprint density at radius 3 is 1.16 bits per heavy atom. The van der Waals surface area contributed by atoms with E-state index in [-0.39, 0.29) is 18.4 Å². The number of rotatable bonds is 11. The van der Waals surface area contributed by atoms with Crippen LogP contribution in [0.25, 0.3) is 39.9 Å². The third kappa shape index (κ3) is 10.5. The molecule has 0 spiro atoms. The summed E-state index contributed by atoms with van der Waals surface area (Å²) in [5.74, 6) is 0. The molecule has 0 aliphatic heterocycles. The van der Waals surface area contributed by atoms with Gasteiger partial charge in [-0.1, -0.05) is 134 Å². The Balaban J connectivity index is 0.00000257. The maximum atomic E-state index is 10.3. The van der Waals surface area contributed by atoms with Crippen LogP contribution in [0, 0.1) is 38.7 Å². The molecule has 6 nitrogen and oxygen atoms in total. The third-order valence-electron chi connectivity index (χ3n) is 11.1. The van der Waals surface area contributed by atoms with Crippen molar-refractivity contribution in [2.45, 2.75) is 41.5 Å². The Morgan fingerprint density at radius 2 is 0.797 bits per heavy atom. The molecule has 0 unspecified atom stereocenters. The van der Waals surface area contributed by atoms with Crippen molar-refractivity contribution in [3.8, 4) is 6.07 Å². The minimum atomic E-state index is 0. The lowest BCUT2D eigenvalue weighted by Gasteiger charge is -2.26. The largest absolute Gasteiger partial charge is 0.412 e. The predicted molar refractivity (Wildman–Crippen MR) is 273 cm³/mol. The summed E-state index contributed by atoms with van der Waals surface area (Å²) >= 11 is 0. The van der Waals surface area contributed by atoms with E-state index in [1.807, 2.05) is 36.4 Å². The molecule has 0 amide bonds. The molecule has 0 saturated heterocycles. The highest BCUT2D eigenvalue weighted by atomic mass is 16.0. The number of aryl methyl sites for hydroxylation is 4. The molecule has 0 bridgehead atoms. The Hall–Kier alpha value is -8.00. The lowest BCUT2D eigenvalue weighted by atomic mass is 9.97. The van der Waals surface area contributed by atoms with Crippen molar-refractivity contribution in [2.75, 3.05) is 9.80 Å². The van der Waals surface area contributed by atoms with Crippen LogP contribution in [0.4, 0.5) is 39.8 Å². The van der Waals surface area contributed by atoms with E-state index in [0.29, 0.717) is 11.3 Å². The number of fused-ring (bicyclic) bond motifs is 1. The maximum Gasteiger partial charge on any atom is 0.195 e. The molecule has 0 aliphatic carbocycles. The Kier molecular flexibility index (Phi) is 15.6. The number of nitriles is 1. The molecule has 8 rings (SSSR count). The zero-order chi connectivity index (χ0) is 42.3. The fourth-order valence-electron chi connectivity index (χ4n) is 7.57. The van der Waals surface area contributed by atoms with Crippen LogP contribution in [-0.2, 0) is 6.42 Å². The third-order valence-corrected chi connectivity index (χ3v) is 11.1. The summed E-state index contributed by atoms with van der Waals surface area (Å²) in [6.45, 7) is 16.6. The molecule has 0 atom stereocenters. The van der Waals surface area contributed by atoms with Crippen LogP contribution in [0.3, 0.4) is 0 Å². The molecule has 64 heavy (non-hydrogen) atoms. The van der Waals surface area contributed by atoms with Crippen molar-refractivity contribution < 1.29 is 11.0 Å². The van der Waals surface area contributed by atoms with Gasteiger partial charge in [0.1, 0.15) is 0 Å². The number of nitrogens with zero attached hydrogens (tertiary/aromatic N) is 4. The topological polar surface area (TPSA) is 97.6 Å². The fourth-order valence-corrected chi connectivity index (χ4v) is 7.57. The van der Waals surface area contributed by atoms with Gasteiger partial charge in [0.15, 0.2) is 5.69 Å². The molecule has 8 aromatic rings. The van der Waals surface area contributed by atoms with Crippen LogP contribution in [0.15, 0.2) is 170 Å². The van der Waals surface area contributed by atoms with Gasteiger partial charge in [0.2, 0.25) is 0 Å². The second-order valence-corrected chi connectivity index (χ2v) is 15.5. The smallest absolute Gasteiger partial charge is 0.195 e. The summed E-state index contributed by atoms with van der Waals surface area (Å²) < 4.78 is 0. The Bertz CT molecular complexity index is 2910. The van der Waals surface area contributed by atoms with Gasteiger partial charge in [-0.2, -0.15) is 5.26 Å². The normalized spacial score (nSPS) is 10.7. The fraction of sp³-hybridized carbons (Fsp3) is 0.103. The highest BCUT2D eigenvalue weighted by Gasteiger charge is 2.15. The molecular formula is C58H54N4O2. The van der Waals surface area contributed by atoms with Gasteiger partial charge < -0.3 is 20.8 Å². The van der Waals surface area contributed by atoms with Gasteiger partial charge in [-0.15, -0.1) is 0 Å². The summed E-state index contributed by atoms with van der Waals surface area (Å²) in [7, 11) is 0. The van der Waals surface area contributed by atoms with Gasteiger partial charge in [-0.3, -0.25) is 0 Å². The van der Waals surface area contributed by atoms with E-state index in [9.17, 15) is 5.26 Å². The van der Waals surface area contributed by atoms with E-state index in [2.05, 4.69) is 206 Å². The van der Waals surface area contributed by atoms with Crippen LogP contribution in [0.2, 0.25) is 0 Å². The van der Waals surface area contributed by atoms with Crippen molar-refractivity contribution >= 4 is 74.9 Å². The first-order valence-corrected chi connectivity index (χ1v) is 20.6. The minimum absolute atomic E-state index is 0. The average molecular weight is 839 g/mol. The van der Waals surface area contributed by atoms with Gasteiger partial charge in [0.25, 0.3) is 0 Å². The minimum Gasteiger partial charge on any atom is -0.412 e. The lowest BCUT2D eigenvalue weighted by molar-refractivity contribution is 0.823.